The highest BCUT2D eigenvalue weighted by Crippen LogP contribution is 2.34. The van der Waals surface area contributed by atoms with Crippen molar-refractivity contribution in [2.75, 3.05) is 18.6 Å². The molecule has 0 aromatic heterocycles. The number of nitrogens with zero attached hydrogens (tertiary/aromatic N) is 1. The molecule has 178 valence electrons. The van der Waals surface area contributed by atoms with Crippen LogP contribution in [0.3, 0.4) is 0 Å². The van der Waals surface area contributed by atoms with Crippen LogP contribution in [0.2, 0.25) is 0 Å². The minimum absolute atomic E-state index is 0.0710. The number of hydrogen-bond donors (Lipinski definition) is 0. The lowest BCUT2D eigenvalue weighted by Gasteiger charge is -2.16. The number of halogens is 3. The first-order valence-corrected chi connectivity index (χ1v) is 10.1. The number of carbonyl (C=O) groups is 4. The van der Waals surface area contributed by atoms with E-state index in [1.54, 1.807) is 12.1 Å². The Morgan fingerprint density at radius 3 is 2.17 bits per heavy atom. The lowest BCUT2D eigenvalue weighted by Crippen LogP contribution is -2.29. The summed E-state index contributed by atoms with van der Waals surface area (Å²) in [5, 5.41) is 0. The van der Waals surface area contributed by atoms with Gasteiger partial charge in [0.15, 0.2) is 12.4 Å². The monoisotopic (exact) mass is 483 g/mol. The van der Waals surface area contributed by atoms with Crippen molar-refractivity contribution < 1.29 is 41.8 Å². The van der Waals surface area contributed by atoms with E-state index in [9.17, 15) is 32.3 Å². The normalized spacial score (nSPS) is 13.0. The SMILES string of the molecule is COc1ccc(C(=O)COC(=O)c2ccc3c(c2)C(=O)N(c2cccc(C(F)(F)F)c2)C3=O)cc1. The molecule has 10 heteroatoms. The van der Waals surface area contributed by atoms with Crippen molar-refractivity contribution in [3.8, 4) is 5.75 Å². The van der Waals surface area contributed by atoms with Crippen molar-refractivity contribution in [1.29, 1.82) is 0 Å². The second kappa shape index (κ2) is 9.05. The van der Waals surface area contributed by atoms with E-state index < -0.39 is 41.9 Å². The van der Waals surface area contributed by atoms with Crippen LogP contribution in [0, 0.1) is 0 Å². The van der Waals surface area contributed by atoms with E-state index in [0.29, 0.717) is 22.3 Å². The summed E-state index contributed by atoms with van der Waals surface area (Å²) in [6.07, 6.45) is -4.66. The molecule has 0 bridgehead atoms. The van der Waals surface area contributed by atoms with Gasteiger partial charge in [0.2, 0.25) is 0 Å². The first-order chi connectivity index (χ1) is 16.6. The van der Waals surface area contributed by atoms with Gasteiger partial charge in [0.05, 0.1) is 35.1 Å². The smallest absolute Gasteiger partial charge is 0.416 e. The van der Waals surface area contributed by atoms with Crippen LogP contribution in [-0.4, -0.2) is 37.3 Å². The van der Waals surface area contributed by atoms with Crippen molar-refractivity contribution in [2.45, 2.75) is 6.18 Å². The zero-order valence-electron chi connectivity index (χ0n) is 18.1. The number of anilines is 1. The quantitative estimate of drug-likeness (QED) is 0.290. The van der Waals surface area contributed by atoms with Gasteiger partial charge in [-0.05, 0) is 60.7 Å². The fraction of sp³-hybridized carbons (Fsp3) is 0.120. The van der Waals surface area contributed by atoms with Gasteiger partial charge in [0.25, 0.3) is 11.8 Å². The molecule has 0 spiro atoms. The molecular formula is C25H16F3NO6. The molecule has 1 aliphatic heterocycles. The fourth-order valence-electron chi connectivity index (χ4n) is 3.50. The zero-order valence-corrected chi connectivity index (χ0v) is 18.1. The molecule has 3 aromatic carbocycles. The summed E-state index contributed by atoms with van der Waals surface area (Å²) < 4.78 is 49.2. The topological polar surface area (TPSA) is 90.0 Å². The summed E-state index contributed by atoms with van der Waals surface area (Å²) >= 11 is 0. The van der Waals surface area contributed by atoms with Crippen LogP contribution in [0.25, 0.3) is 0 Å². The Kier molecular flexibility index (Phi) is 6.12. The minimum Gasteiger partial charge on any atom is -0.497 e. The van der Waals surface area contributed by atoms with Crippen molar-refractivity contribution in [3.05, 3.63) is 94.5 Å². The van der Waals surface area contributed by atoms with Crippen LogP contribution in [0.1, 0.15) is 47.0 Å². The van der Waals surface area contributed by atoms with Crippen molar-refractivity contribution in [2.24, 2.45) is 0 Å². The molecular weight excluding hydrogens is 467 g/mol. The number of fused-ring (bicyclic) bond motifs is 1. The third kappa shape index (κ3) is 4.63. The minimum atomic E-state index is -4.66. The highest BCUT2D eigenvalue weighted by Gasteiger charge is 2.39. The predicted molar refractivity (Wildman–Crippen MR) is 117 cm³/mol. The average molecular weight is 483 g/mol. The molecule has 0 saturated carbocycles. The Labute approximate surface area is 196 Å². The van der Waals surface area contributed by atoms with E-state index in [2.05, 4.69) is 0 Å². The van der Waals surface area contributed by atoms with Crippen LogP contribution in [0.5, 0.6) is 5.75 Å². The number of alkyl halides is 3. The maximum Gasteiger partial charge on any atom is 0.416 e. The van der Waals surface area contributed by atoms with Crippen LogP contribution in [0.4, 0.5) is 18.9 Å². The third-order valence-corrected chi connectivity index (χ3v) is 5.30. The van der Waals surface area contributed by atoms with E-state index in [1.807, 2.05) is 0 Å². The molecule has 7 nitrogen and oxygen atoms in total. The third-order valence-electron chi connectivity index (χ3n) is 5.30. The first-order valence-electron chi connectivity index (χ1n) is 10.1. The molecule has 2 amide bonds. The number of carbonyl (C=O) groups excluding carboxylic acids is 4. The Hall–Kier alpha value is -4.47. The van der Waals surface area contributed by atoms with Crippen molar-refractivity contribution >= 4 is 29.3 Å². The van der Waals surface area contributed by atoms with E-state index in [1.165, 1.54) is 37.4 Å². The highest BCUT2D eigenvalue weighted by atomic mass is 19.4. The Morgan fingerprint density at radius 1 is 0.857 bits per heavy atom. The van der Waals surface area contributed by atoms with Crippen LogP contribution in [-0.2, 0) is 10.9 Å². The highest BCUT2D eigenvalue weighted by molar-refractivity contribution is 6.34. The maximum absolute atomic E-state index is 13.1. The fourth-order valence-corrected chi connectivity index (χ4v) is 3.50. The number of imide groups is 1. The second-order valence-corrected chi connectivity index (χ2v) is 7.48. The summed E-state index contributed by atoms with van der Waals surface area (Å²) in [5.41, 5.74) is -1.30. The number of ketones is 1. The van der Waals surface area contributed by atoms with E-state index in [0.717, 1.165) is 18.2 Å². The molecule has 1 aliphatic rings. The average Bonchev–Trinajstić information content (AvgIpc) is 3.11. The number of amides is 2. The molecule has 0 unspecified atom stereocenters. The number of ether oxygens (including phenoxy) is 2. The molecule has 0 saturated heterocycles. The summed E-state index contributed by atoms with van der Waals surface area (Å²) in [4.78, 5) is 50.9. The Bertz CT molecular complexity index is 1350. The molecule has 0 N–H and O–H groups in total. The molecule has 0 radical (unpaired) electrons. The standard InChI is InChI=1S/C25H16F3NO6/c1-34-18-8-5-14(6-9-18)21(30)13-35-24(33)15-7-10-19-20(11-15)23(32)29(22(19)31)17-4-2-3-16(12-17)25(26,27)28/h2-12H,13H2,1H3. The van der Waals surface area contributed by atoms with Crippen LogP contribution >= 0.6 is 0 Å². The van der Waals surface area contributed by atoms with E-state index >= 15 is 0 Å². The Balaban J connectivity index is 1.50. The number of methoxy groups -OCH3 is 1. The number of rotatable bonds is 6. The summed E-state index contributed by atoms with van der Waals surface area (Å²) in [7, 11) is 1.48. The lowest BCUT2D eigenvalue weighted by molar-refractivity contribution is -0.137. The summed E-state index contributed by atoms with van der Waals surface area (Å²) in [6, 6.07) is 13.6. The molecule has 4 rings (SSSR count). The van der Waals surface area contributed by atoms with Gasteiger partial charge in [-0.15, -0.1) is 0 Å². The van der Waals surface area contributed by atoms with E-state index in [4.69, 9.17) is 9.47 Å². The van der Waals surface area contributed by atoms with Gasteiger partial charge in [-0.3, -0.25) is 14.4 Å². The number of esters is 1. The molecule has 35 heavy (non-hydrogen) atoms. The summed E-state index contributed by atoms with van der Waals surface area (Å²) in [6.45, 7) is -0.564. The predicted octanol–water partition coefficient (Wildman–Crippen LogP) is 4.55. The molecule has 3 aromatic rings. The molecule has 1 heterocycles. The van der Waals surface area contributed by atoms with Gasteiger partial charge in [0.1, 0.15) is 5.75 Å². The van der Waals surface area contributed by atoms with Gasteiger partial charge in [0, 0.05) is 5.56 Å². The molecule has 0 aliphatic carbocycles. The van der Waals surface area contributed by atoms with Gasteiger partial charge in [-0.25, -0.2) is 9.69 Å². The maximum atomic E-state index is 13.1. The number of hydrogen-bond acceptors (Lipinski definition) is 6. The van der Waals surface area contributed by atoms with Gasteiger partial charge in [-0.1, -0.05) is 6.07 Å². The lowest BCUT2D eigenvalue weighted by atomic mass is 10.1. The van der Waals surface area contributed by atoms with Crippen molar-refractivity contribution in [1.82, 2.24) is 0 Å². The van der Waals surface area contributed by atoms with Crippen LogP contribution < -0.4 is 9.64 Å². The van der Waals surface area contributed by atoms with Crippen LogP contribution in [0.15, 0.2) is 66.7 Å². The van der Waals surface area contributed by atoms with Gasteiger partial charge >= 0.3 is 12.1 Å². The van der Waals surface area contributed by atoms with E-state index in [-0.39, 0.29) is 22.4 Å². The Morgan fingerprint density at radius 2 is 1.51 bits per heavy atom. The largest absolute Gasteiger partial charge is 0.497 e. The number of Topliss-reactive ketones (excluding diaryl/α,β-unsaturated/α-hetero) is 1. The number of benzene rings is 3. The van der Waals surface area contributed by atoms with Gasteiger partial charge in [-0.2, -0.15) is 13.2 Å². The summed E-state index contributed by atoms with van der Waals surface area (Å²) in [5.74, 6) is -2.53. The first kappa shape index (κ1) is 23.7. The van der Waals surface area contributed by atoms with Crippen molar-refractivity contribution in [3.63, 3.8) is 0 Å². The second-order valence-electron chi connectivity index (χ2n) is 7.48. The molecule has 0 atom stereocenters. The zero-order chi connectivity index (χ0) is 25.3. The van der Waals surface area contributed by atoms with Gasteiger partial charge < -0.3 is 9.47 Å². The molecule has 0 fully saturated rings.